The Kier molecular flexibility index (Phi) is 3.41. The Bertz CT molecular complexity index is 706. The van der Waals surface area contributed by atoms with Gasteiger partial charge in [-0.15, -0.1) is 0 Å². The zero-order chi connectivity index (χ0) is 15.1. The van der Waals surface area contributed by atoms with Crippen LogP contribution in [0, 0.1) is 5.92 Å². The lowest BCUT2D eigenvalue weighted by molar-refractivity contribution is 0.0421. The van der Waals surface area contributed by atoms with Crippen molar-refractivity contribution in [2.24, 2.45) is 13.0 Å². The van der Waals surface area contributed by atoms with Crippen LogP contribution in [-0.2, 0) is 11.8 Å². The van der Waals surface area contributed by atoms with E-state index in [2.05, 4.69) is 4.90 Å². The van der Waals surface area contributed by atoms with Crippen LogP contribution in [0.15, 0.2) is 30.5 Å². The van der Waals surface area contributed by atoms with Crippen LogP contribution in [-0.4, -0.2) is 41.2 Å². The lowest BCUT2D eigenvalue weighted by Crippen LogP contribution is -2.28. The number of aromatic nitrogens is 1. The third-order valence-electron chi connectivity index (χ3n) is 5.29. The number of esters is 1. The molecule has 0 spiro atoms. The molecular weight excluding hydrogens is 276 g/mol. The minimum absolute atomic E-state index is 0.187. The average molecular weight is 298 g/mol. The number of hydrogen-bond donors (Lipinski definition) is 0. The molecule has 0 amide bonds. The Morgan fingerprint density at radius 3 is 3.05 bits per heavy atom. The molecule has 2 aromatic rings. The maximum atomic E-state index is 12.5. The fraction of sp³-hybridized carbons (Fsp3) is 0.500. The number of aryl methyl sites for hydroxylation is 1. The fourth-order valence-corrected chi connectivity index (χ4v) is 4.15. The third kappa shape index (κ3) is 2.22. The number of nitrogens with zero attached hydrogens (tertiary/aromatic N) is 2. The van der Waals surface area contributed by atoms with Gasteiger partial charge in [-0.25, -0.2) is 4.79 Å². The van der Waals surface area contributed by atoms with E-state index >= 15 is 0 Å². The largest absolute Gasteiger partial charge is 0.462 e. The summed E-state index contributed by atoms with van der Waals surface area (Å²) in [6.45, 7) is 2.95. The van der Waals surface area contributed by atoms with Crippen molar-refractivity contribution in [2.75, 3.05) is 19.7 Å². The topological polar surface area (TPSA) is 34.5 Å². The summed E-state index contributed by atoms with van der Waals surface area (Å²) in [5.41, 5.74) is 1.75. The van der Waals surface area contributed by atoms with Gasteiger partial charge in [-0.3, -0.25) is 4.90 Å². The molecule has 1 aromatic carbocycles. The molecule has 2 fully saturated rings. The first-order valence-electron chi connectivity index (χ1n) is 8.19. The monoisotopic (exact) mass is 298 g/mol. The van der Waals surface area contributed by atoms with E-state index in [0.29, 0.717) is 24.1 Å². The van der Waals surface area contributed by atoms with Gasteiger partial charge in [0.2, 0.25) is 0 Å². The summed E-state index contributed by atoms with van der Waals surface area (Å²) in [5.74, 6) is 0.328. The lowest BCUT2D eigenvalue weighted by Gasteiger charge is -2.19. The lowest BCUT2D eigenvalue weighted by atomic mass is 9.99. The molecule has 0 aliphatic carbocycles. The van der Waals surface area contributed by atoms with Crippen LogP contribution in [0.25, 0.3) is 10.9 Å². The Hall–Kier alpha value is -1.81. The third-order valence-corrected chi connectivity index (χ3v) is 5.29. The van der Waals surface area contributed by atoms with E-state index in [9.17, 15) is 4.79 Å². The van der Waals surface area contributed by atoms with E-state index in [0.717, 1.165) is 17.3 Å². The number of rotatable bonds is 3. The number of carbonyl (C=O) groups is 1. The van der Waals surface area contributed by atoms with Gasteiger partial charge in [-0.2, -0.15) is 0 Å². The molecule has 0 N–H and O–H groups in total. The molecule has 2 aliphatic heterocycles. The summed E-state index contributed by atoms with van der Waals surface area (Å²) in [7, 11) is 1.96. The summed E-state index contributed by atoms with van der Waals surface area (Å²) in [4.78, 5) is 15.0. The number of hydrogen-bond acceptors (Lipinski definition) is 3. The molecule has 0 saturated carbocycles. The molecule has 22 heavy (non-hydrogen) atoms. The standard InChI is InChI=1S/C18H22N2O2/c1-19-11-15(14-5-2-3-6-17(14)19)18(21)22-12-13-8-10-20-9-4-7-16(13)20/h2-3,5-6,11,13,16H,4,7-10,12H2,1H3. The molecule has 2 unspecified atom stereocenters. The zero-order valence-corrected chi connectivity index (χ0v) is 13.0. The first-order valence-corrected chi connectivity index (χ1v) is 8.19. The molecule has 4 heteroatoms. The first kappa shape index (κ1) is 13.8. The quantitative estimate of drug-likeness (QED) is 0.817. The van der Waals surface area contributed by atoms with Crippen molar-refractivity contribution in [3.8, 4) is 0 Å². The van der Waals surface area contributed by atoms with Crippen LogP contribution in [0.3, 0.4) is 0 Å². The minimum atomic E-state index is -0.187. The molecule has 4 nitrogen and oxygen atoms in total. The first-order chi connectivity index (χ1) is 10.7. The summed E-state index contributed by atoms with van der Waals surface area (Å²) in [5, 5.41) is 0.976. The predicted octanol–water partition coefficient (Wildman–Crippen LogP) is 2.82. The fourth-order valence-electron chi connectivity index (χ4n) is 4.15. The molecule has 3 heterocycles. The number of para-hydroxylation sites is 1. The van der Waals surface area contributed by atoms with E-state index in [-0.39, 0.29) is 5.97 Å². The van der Waals surface area contributed by atoms with Gasteiger partial charge in [0.25, 0.3) is 0 Å². The normalized spacial score (nSPS) is 24.8. The van der Waals surface area contributed by atoms with Gasteiger partial charge in [0.15, 0.2) is 0 Å². The highest BCUT2D eigenvalue weighted by Gasteiger charge is 2.37. The number of ether oxygens (including phenoxy) is 1. The van der Waals surface area contributed by atoms with Crippen molar-refractivity contribution in [1.82, 2.24) is 9.47 Å². The highest BCUT2D eigenvalue weighted by molar-refractivity contribution is 6.04. The predicted molar refractivity (Wildman–Crippen MR) is 85.9 cm³/mol. The molecule has 2 saturated heterocycles. The van der Waals surface area contributed by atoms with Crippen molar-refractivity contribution < 1.29 is 9.53 Å². The molecule has 2 atom stereocenters. The van der Waals surface area contributed by atoms with Crippen molar-refractivity contribution >= 4 is 16.9 Å². The van der Waals surface area contributed by atoms with Crippen molar-refractivity contribution in [2.45, 2.75) is 25.3 Å². The molecule has 0 radical (unpaired) electrons. The van der Waals surface area contributed by atoms with Crippen LogP contribution in [0.4, 0.5) is 0 Å². The number of fused-ring (bicyclic) bond motifs is 2. The van der Waals surface area contributed by atoms with Crippen LogP contribution < -0.4 is 0 Å². The van der Waals surface area contributed by atoms with Crippen LogP contribution in [0.1, 0.15) is 29.6 Å². The maximum Gasteiger partial charge on any atom is 0.340 e. The van der Waals surface area contributed by atoms with Crippen molar-refractivity contribution in [3.05, 3.63) is 36.0 Å². The Labute approximate surface area is 130 Å². The van der Waals surface area contributed by atoms with Crippen LogP contribution in [0.2, 0.25) is 0 Å². The van der Waals surface area contributed by atoms with Crippen LogP contribution >= 0.6 is 0 Å². The Morgan fingerprint density at radius 1 is 1.27 bits per heavy atom. The molecule has 116 valence electrons. The molecule has 0 bridgehead atoms. The van der Waals surface area contributed by atoms with E-state index < -0.39 is 0 Å². The van der Waals surface area contributed by atoms with Gasteiger partial charge in [-0.05, 0) is 38.4 Å². The second-order valence-electron chi connectivity index (χ2n) is 6.56. The minimum Gasteiger partial charge on any atom is -0.462 e. The highest BCUT2D eigenvalue weighted by atomic mass is 16.5. The number of carbonyl (C=O) groups excluding carboxylic acids is 1. The maximum absolute atomic E-state index is 12.5. The Morgan fingerprint density at radius 2 is 2.14 bits per heavy atom. The van der Waals surface area contributed by atoms with Crippen LogP contribution in [0.5, 0.6) is 0 Å². The smallest absolute Gasteiger partial charge is 0.340 e. The zero-order valence-electron chi connectivity index (χ0n) is 13.0. The Balaban J connectivity index is 1.48. The summed E-state index contributed by atoms with van der Waals surface area (Å²) in [6.07, 6.45) is 5.59. The summed E-state index contributed by atoms with van der Waals surface area (Å²) < 4.78 is 7.65. The summed E-state index contributed by atoms with van der Waals surface area (Å²) in [6, 6.07) is 8.61. The van der Waals surface area contributed by atoms with Gasteiger partial charge < -0.3 is 9.30 Å². The second kappa shape index (κ2) is 5.43. The van der Waals surface area contributed by atoms with Crippen molar-refractivity contribution in [1.29, 1.82) is 0 Å². The molecular formula is C18H22N2O2. The van der Waals surface area contributed by atoms with Crippen molar-refractivity contribution in [3.63, 3.8) is 0 Å². The van der Waals surface area contributed by atoms with E-state index in [1.54, 1.807) is 0 Å². The molecule has 2 aliphatic rings. The average Bonchev–Trinajstić information content (AvgIpc) is 3.21. The van der Waals surface area contributed by atoms with Gasteiger partial charge in [0.05, 0.1) is 12.2 Å². The van der Waals surface area contributed by atoms with Gasteiger partial charge >= 0.3 is 5.97 Å². The SMILES string of the molecule is Cn1cc(C(=O)OCC2CCN3CCCC23)c2ccccc21. The molecule has 1 aromatic heterocycles. The number of benzene rings is 1. The van der Waals surface area contributed by atoms with Gasteiger partial charge in [-0.1, -0.05) is 18.2 Å². The molecule has 4 rings (SSSR count). The van der Waals surface area contributed by atoms with Gasteiger partial charge in [0, 0.05) is 36.1 Å². The van der Waals surface area contributed by atoms with E-state index in [4.69, 9.17) is 4.74 Å². The van der Waals surface area contributed by atoms with E-state index in [1.807, 2.05) is 42.1 Å². The second-order valence-corrected chi connectivity index (χ2v) is 6.56. The van der Waals surface area contributed by atoms with E-state index in [1.165, 1.54) is 25.9 Å². The van der Waals surface area contributed by atoms with Gasteiger partial charge in [0.1, 0.15) is 0 Å². The highest BCUT2D eigenvalue weighted by Crippen LogP contribution is 2.33. The summed E-state index contributed by atoms with van der Waals surface area (Å²) >= 11 is 0.